The van der Waals surface area contributed by atoms with Crippen LogP contribution >= 0.6 is 34.4 Å². The predicted octanol–water partition coefficient (Wildman–Crippen LogP) is 3.30. The van der Waals surface area contributed by atoms with Gasteiger partial charge >= 0.3 is 0 Å². The maximum Gasteiger partial charge on any atom is 0.265 e. The summed E-state index contributed by atoms with van der Waals surface area (Å²) < 4.78 is 28.1. The van der Waals surface area contributed by atoms with Crippen LogP contribution in [0.2, 0.25) is 0 Å². The molecule has 1 aliphatic heterocycles. The quantitative estimate of drug-likeness (QED) is 0.684. The number of hydrogen-bond donors (Lipinski definition) is 0. The SMILES string of the molecule is Cc1ccc(S(=O)(=O)N2CCSc3c(I)ccnc32)cc1. The van der Waals surface area contributed by atoms with Gasteiger partial charge in [0.15, 0.2) is 5.82 Å². The summed E-state index contributed by atoms with van der Waals surface area (Å²) in [5.74, 6) is 1.28. The van der Waals surface area contributed by atoms with Gasteiger partial charge in [0, 0.05) is 22.1 Å². The van der Waals surface area contributed by atoms with Gasteiger partial charge in [-0.3, -0.25) is 0 Å². The van der Waals surface area contributed by atoms with Gasteiger partial charge < -0.3 is 0 Å². The summed E-state index contributed by atoms with van der Waals surface area (Å²) >= 11 is 3.87. The van der Waals surface area contributed by atoms with Crippen molar-refractivity contribution in [3.05, 3.63) is 45.7 Å². The maximum atomic E-state index is 12.8. The van der Waals surface area contributed by atoms with Gasteiger partial charge in [0.1, 0.15) is 0 Å². The van der Waals surface area contributed by atoms with Gasteiger partial charge in [-0.1, -0.05) is 17.7 Å². The highest BCUT2D eigenvalue weighted by molar-refractivity contribution is 14.1. The van der Waals surface area contributed by atoms with Gasteiger partial charge in [0.2, 0.25) is 0 Å². The second-order valence-electron chi connectivity index (χ2n) is 4.68. The molecule has 1 aromatic carbocycles. The highest BCUT2D eigenvalue weighted by Gasteiger charge is 2.31. The molecule has 0 spiro atoms. The lowest BCUT2D eigenvalue weighted by Crippen LogP contribution is -2.36. The Morgan fingerprint density at radius 2 is 1.95 bits per heavy atom. The number of fused-ring (bicyclic) bond motifs is 1. The van der Waals surface area contributed by atoms with E-state index in [1.54, 1.807) is 30.1 Å². The molecule has 0 atom stereocenters. The lowest BCUT2D eigenvalue weighted by Gasteiger charge is -2.29. The molecule has 0 aliphatic carbocycles. The largest absolute Gasteiger partial charge is 0.265 e. The zero-order valence-electron chi connectivity index (χ0n) is 11.3. The number of rotatable bonds is 2. The summed E-state index contributed by atoms with van der Waals surface area (Å²) in [5.41, 5.74) is 1.04. The summed E-state index contributed by atoms with van der Waals surface area (Å²) in [6, 6.07) is 8.83. The molecule has 0 bridgehead atoms. The molecule has 2 aromatic rings. The van der Waals surface area contributed by atoms with Crippen molar-refractivity contribution in [3.63, 3.8) is 0 Å². The lowest BCUT2D eigenvalue weighted by molar-refractivity contribution is 0.590. The van der Waals surface area contributed by atoms with E-state index in [4.69, 9.17) is 0 Å². The van der Waals surface area contributed by atoms with Crippen molar-refractivity contribution in [2.75, 3.05) is 16.6 Å². The normalized spacial score (nSPS) is 14.9. The van der Waals surface area contributed by atoms with Crippen molar-refractivity contribution in [2.24, 2.45) is 0 Å². The Bertz CT molecular complexity index is 776. The van der Waals surface area contributed by atoms with E-state index in [1.165, 1.54) is 4.31 Å². The fourth-order valence-corrected chi connectivity index (χ4v) is 5.58. The highest BCUT2D eigenvalue weighted by Crippen LogP contribution is 2.38. The average molecular weight is 432 g/mol. The summed E-state index contributed by atoms with van der Waals surface area (Å²) in [6.45, 7) is 2.38. The molecule has 0 saturated heterocycles. The zero-order valence-corrected chi connectivity index (χ0v) is 15.1. The van der Waals surface area contributed by atoms with Gasteiger partial charge in [-0.25, -0.2) is 17.7 Å². The third-order valence-corrected chi connectivity index (χ3v) is 7.37. The smallest absolute Gasteiger partial charge is 0.248 e. The van der Waals surface area contributed by atoms with E-state index < -0.39 is 10.0 Å². The van der Waals surface area contributed by atoms with Gasteiger partial charge in [-0.15, -0.1) is 11.8 Å². The number of aryl methyl sites for hydroxylation is 1. The van der Waals surface area contributed by atoms with Gasteiger partial charge in [0.05, 0.1) is 9.79 Å². The van der Waals surface area contributed by atoms with Crippen LogP contribution in [0.5, 0.6) is 0 Å². The van der Waals surface area contributed by atoms with E-state index in [0.29, 0.717) is 17.3 Å². The fourth-order valence-electron chi connectivity index (χ4n) is 2.13. The molecule has 0 radical (unpaired) electrons. The van der Waals surface area contributed by atoms with E-state index in [1.807, 2.05) is 25.1 Å². The van der Waals surface area contributed by atoms with E-state index in [0.717, 1.165) is 19.8 Å². The molecule has 0 amide bonds. The number of hydrogen-bond acceptors (Lipinski definition) is 4. The molecular formula is C14H13IN2O2S2. The fraction of sp³-hybridized carbons (Fsp3) is 0.214. The molecule has 0 fully saturated rings. The molecule has 2 heterocycles. The van der Waals surface area contributed by atoms with E-state index in [2.05, 4.69) is 27.6 Å². The first-order valence-electron chi connectivity index (χ1n) is 6.37. The zero-order chi connectivity index (χ0) is 15.0. The Morgan fingerprint density at radius 3 is 2.67 bits per heavy atom. The van der Waals surface area contributed by atoms with Gasteiger partial charge in [0.25, 0.3) is 10.0 Å². The van der Waals surface area contributed by atoms with Crippen LogP contribution in [0.1, 0.15) is 5.56 Å². The topological polar surface area (TPSA) is 50.3 Å². The van der Waals surface area contributed by atoms with Crippen molar-refractivity contribution in [3.8, 4) is 0 Å². The Kier molecular flexibility index (Phi) is 4.15. The standard InChI is InChI=1S/C14H13IN2O2S2/c1-10-2-4-11(5-3-10)21(18,19)17-8-9-20-13-12(15)6-7-16-14(13)17/h2-7H,8-9H2,1H3. The first kappa shape index (κ1) is 15.1. The molecule has 110 valence electrons. The molecular weight excluding hydrogens is 419 g/mol. The van der Waals surface area contributed by atoms with E-state index in [9.17, 15) is 8.42 Å². The summed E-state index contributed by atoms with van der Waals surface area (Å²) in [6.07, 6.45) is 1.66. The number of anilines is 1. The molecule has 0 saturated carbocycles. The van der Waals surface area contributed by atoms with Crippen LogP contribution in [-0.4, -0.2) is 25.7 Å². The Morgan fingerprint density at radius 1 is 1.24 bits per heavy atom. The predicted molar refractivity (Wildman–Crippen MR) is 93.4 cm³/mol. The van der Waals surface area contributed by atoms with Gasteiger partial charge in [-0.05, 0) is 47.7 Å². The number of halogens is 1. The number of pyridine rings is 1. The molecule has 1 aliphatic rings. The second-order valence-corrected chi connectivity index (χ2v) is 8.81. The molecule has 3 rings (SSSR count). The minimum absolute atomic E-state index is 0.312. The monoisotopic (exact) mass is 432 g/mol. The van der Waals surface area contributed by atoms with Crippen LogP contribution in [-0.2, 0) is 10.0 Å². The van der Waals surface area contributed by atoms with Crippen molar-refractivity contribution in [1.82, 2.24) is 4.98 Å². The first-order chi connectivity index (χ1) is 10.00. The van der Waals surface area contributed by atoms with Crippen LogP contribution in [0.15, 0.2) is 46.3 Å². The van der Waals surface area contributed by atoms with Crippen LogP contribution in [0.25, 0.3) is 0 Å². The molecule has 21 heavy (non-hydrogen) atoms. The Balaban J connectivity index is 2.10. The number of thioether (sulfide) groups is 1. The minimum atomic E-state index is -3.55. The van der Waals surface area contributed by atoms with E-state index in [-0.39, 0.29) is 0 Å². The third-order valence-electron chi connectivity index (χ3n) is 3.22. The molecule has 0 unspecified atom stereocenters. The van der Waals surface area contributed by atoms with Crippen molar-refractivity contribution < 1.29 is 8.42 Å². The van der Waals surface area contributed by atoms with Crippen LogP contribution in [0.3, 0.4) is 0 Å². The number of nitrogens with zero attached hydrogens (tertiary/aromatic N) is 2. The number of sulfonamides is 1. The van der Waals surface area contributed by atoms with Crippen molar-refractivity contribution >= 4 is 50.2 Å². The average Bonchev–Trinajstić information content (AvgIpc) is 2.47. The highest BCUT2D eigenvalue weighted by atomic mass is 127. The van der Waals surface area contributed by atoms with Gasteiger partial charge in [-0.2, -0.15) is 0 Å². The van der Waals surface area contributed by atoms with Crippen LogP contribution in [0.4, 0.5) is 5.82 Å². The Hall–Kier alpha value is -0.800. The Labute approximate surface area is 142 Å². The molecule has 7 heteroatoms. The second kappa shape index (κ2) is 5.77. The summed E-state index contributed by atoms with van der Waals surface area (Å²) in [5, 5.41) is 0. The van der Waals surface area contributed by atoms with Crippen molar-refractivity contribution in [2.45, 2.75) is 16.7 Å². The van der Waals surface area contributed by atoms with Crippen molar-refractivity contribution in [1.29, 1.82) is 0 Å². The van der Waals surface area contributed by atoms with Crippen LogP contribution < -0.4 is 4.31 Å². The molecule has 0 N–H and O–H groups in total. The third kappa shape index (κ3) is 2.78. The minimum Gasteiger partial charge on any atom is -0.248 e. The molecule has 4 nitrogen and oxygen atoms in total. The maximum absolute atomic E-state index is 12.8. The molecule has 1 aromatic heterocycles. The summed E-state index contributed by atoms with van der Waals surface area (Å²) in [4.78, 5) is 5.55. The summed E-state index contributed by atoms with van der Waals surface area (Å²) in [7, 11) is -3.55. The van der Waals surface area contributed by atoms with Crippen LogP contribution in [0, 0.1) is 10.5 Å². The lowest BCUT2D eigenvalue weighted by atomic mass is 10.2. The first-order valence-corrected chi connectivity index (χ1v) is 9.87. The number of aromatic nitrogens is 1. The van der Waals surface area contributed by atoms with E-state index >= 15 is 0 Å². The number of benzene rings is 1.